The number of nitrogens with zero attached hydrogens (tertiary/aromatic N) is 1. The van der Waals surface area contributed by atoms with Crippen LogP contribution in [-0.4, -0.2) is 36.1 Å². The van der Waals surface area contributed by atoms with Crippen LogP contribution >= 0.6 is 0 Å². The summed E-state index contributed by atoms with van der Waals surface area (Å²) in [5.74, 6) is 0.782. The summed E-state index contributed by atoms with van der Waals surface area (Å²) in [5, 5.41) is 3.60. The molecule has 90 valence electrons. The maximum absolute atomic E-state index is 3.60. The van der Waals surface area contributed by atoms with E-state index in [9.17, 15) is 0 Å². The quantitative estimate of drug-likeness (QED) is 0.770. The lowest BCUT2D eigenvalue weighted by molar-refractivity contribution is 0.0523. The highest BCUT2D eigenvalue weighted by Crippen LogP contribution is 2.26. The molecule has 2 unspecified atom stereocenters. The Kier molecular flexibility index (Phi) is 4.60. The summed E-state index contributed by atoms with van der Waals surface area (Å²) in [4.78, 5) is 2.66. The van der Waals surface area contributed by atoms with Gasteiger partial charge in [0.05, 0.1) is 0 Å². The average molecular weight is 212 g/mol. The van der Waals surface area contributed by atoms with Gasteiger partial charge in [0.1, 0.15) is 0 Å². The van der Waals surface area contributed by atoms with Gasteiger partial charge in [0, 0.05) is 24.7 Å². The third kappa shape index (κ3) is 3.18. The minimum absolute atomic E-state index is 0.380. The molecule has 1 rings (SSSR count). The van der Waals surface area contributed by atoms with E-state index in [1.54, 1.807) is 0 Å². The monoisotopic (exact) mass is 212 g/mol. The van der Waals surface area contributed by atoms with E-state index in [2.05, 4.69) is 44.8 Å². The molecule has 2 atom stereocenters. The molecule has 0 amide bonds. The fourth-order valence-corrected chi connectivity index (χ4v) is 2.48. The molecular weight excluding hydrogens is 184 g/mol. The molecule has 0 saturated carbocycles. The van der Waals surface area contributed by atoms with Gasteiger partial charge >= 0.3 is 0 Å². The van der Waals surface area contributed by atoms with Gasteiger partial charge in [-0.1, -0.05) is 20.8 Å². The highest BCUT2D eigenvalue weighted by atomic mass is 15.2. The first-order valence-corrected chi connectivity index (χ1v) is 6.49. The lowest BCUT2D eigenvalue weighted by atomic mass is 9.88. The molecule has 0 aromatic rings. The van der Waals surface area contributed by atoms with E-state index < -0.39 is 0 Å². The molecule has 0 aliphatic carbocycles. The van der Waals surface area contributed by atoms with E-state index in [1.807, 2.05) is 0 Å². The van der Waals surface area contributed by atoms with Gasteiger partial charge in [-0.25, -0.2) is 0 Å². The van der Waals surface area contributed by atoms with Crippen LogP contribution in [0.3, 0.4) is 0 Å². The van der Waals surface area contributed by atoms with Crippen molar-refractivity contribution >= 4 is 0 Å². The second-order valence-electron chi connectivity index (χ2n) is 5.54. The molecule has 1 N–H and O–H groups in total. The van der Waals surface area contributed by atoms with Crippen LogP contribution in [0, 0.1) is 5.92 Å². The lowest BCUT2D eigenvalue weighted by Crippen LogP contribution is -2.54. The largest absolute Gasteiger partial charge is 0.314 e. The molecule has 0 spiro atoms. The first kappa shape index (κ1) is 13.0. The number of nitrogens with one attached hydrogen (secondary N) is 1. The van der Waals surface area contributed by atoms with Crippen molar-refractivity contribution in [2.45, 2.75) is 59.0 Å². The minimum Gasteiger partial charge on any atom is -0.314 e. The van der Waals surface area contributed by atoms with Crippen molar-refractivity contribution in [1.29, 1.82) is 0 Å². The highest BCUT2D eigenvalue weighted by molar-refractivity contribution is 4.89. The number of hydrogen-bond donors (Lipinski definition) is 1. The number of rotatable bonds is 4. The van der Waals surface area contributed by atoms with Gasteiger partial charge in [-0.15, -0.1) is 0 Å². The van der Waals surface area contributed by atoms with E-state index >= 15 is 0 Å². The van der Waals surface area contributed by atoms with Gasteiger partial charge in [-0.2, -0.15) is 0 Å². The number of hydrogen-bond acceptors (Lipinski definition) is 2. The summed E-state index contributed by atoms with van der Waals surface area (Å²) >= 11 is 0. The molecule has 1 fully saturated rings. The van der Waals surface area contributed by atoms with E-state index in [1.165, 1.54) is 25.9 Å². The molecule has 0 radical (unpaired) electrons. The highest BCUT2D eigenvalue weighted by Gasteiger charge is 2.32. The van der Waals surface area contributed by atoms with Gasteiger partial charge in [-0.05, 0) is 39.2 Å². The number of piperidine rings is 1. The van der Waals surface area contributed by atoms with Crippen molar-refractivity contribution in [2.75, 3.05) is 19.6 Å². The Labute approximate surface area is 95.4 Å². The van der Waals surface area contributed by atoms with E-state index in [0.717, 1.165) is 18.5 Å². The van der Waals surface area contributed by atoms with Crippen LogP contribution in [-0.2, 0) is 0 Å². The van der Waals surface area contributed by atoms with Crippen LogP contribution in [0.5, 0.6) is 0 Å². The first-order chi connectivity index (χ1) is 7.01. The van der Waals surface area contributed by atoms with Crippen LogP contribution in [0.15, 0.2) is 0 Å². The van der Waals surface area contributed by atoms with Crippen LogP contribution in [0.2, 0.25) is 0 Å². The smallest absolute Gasteiger partial charge is 0.0150 e. The predicted molar refractivity (Wildman–Crippen MR) is 67.2 cm³/mol. The summed E-state index contributed by atoms with van der Waals surface area (Å²) in [6.45, 7) is 15.2. The molecule has 2 heteroatoms. The zero-order valence-electron chi connectivity index (χ0n) is 11.1. The maximum atomic E-state index is 3.60. The zero-order chi connectivity index (χ0) is 11.5. The van der Waals surface area contributed by atoms with Crippen LogP contribution < -0.4 is 5.32 Å². The molecule has 0 aromatic carbocycles. The molecule has 0 aromatic heterocycles. The Bertz CT molecular complexity index is 189. The molecule has 1 heterocycles. The Balaban J connectivity index is 2.50. The molecule has 1 saturated heterocycles. The fourth-order valence-electron chi connectivity index (χ4n) is 2.48. The third-order valence-corrected chi connectivity index (χ3v) is 4.09. The first-order valence-electron chi connectivity index (χ1n) is 6.49. The molecule has 15 heavy (non-hydrogen) atoms. The molecule has 1 aliphatic heterocycles. The van der Waals surface area contributed by atoms with Crippen molar-refractivity contribution in [2.24, 2.45) is 5.92 Å². The maximum Gasteiger partial charge on any atom is 0.0150 e. The lowest BCUT2D eigenvalue weighted by Gasteiger charge is -2.45. The third-order valence-electron chi connectivity index (χ3n) is 4.09. The zero-order valence-corrected chi connectivity index (χ0v) is 11.1. The van der Waals surface area contributed by atoms with E-state index in [0.29, 0.717) is 5.54 Å². The standard InChI is InChI=1S/C13H28N2/c1-6-13(4,5)15-9-8-12(14-7-2)11(3)10-15/h11-12,14H,6-10H2,1-5H3. The molecule has 0 bridgehead atoms. The Morgan fingerprint density at radius 2 is 2.00 bits per heavy atom. The Morgan fingerprint density at radius 3 is 2.47 bits per heavy atom. The molecule has 2 nitrogen and oxygen atoms in total. The SMILES string of the molecule is CCNC1CCN(C(C)(C)CC)CC1C. The van der Waals surface area contributed by atoms with Gasteiger partial charge < -0.3 is 5.32 Å². The fraction of sp³-hybridized carbons (Fsp3) is 1.00. The van der Waals surface area contributed by atoms with Gasteiger partial charge in [0.25, 0.3) is 0 Å². The van der Waals surface area contributed by atoms with Crippen LogP contribution in [0.25, 0.3) is 0 Å². The number of likely N-dealkylation sites (tertiary alicyclic amines) is 1. The predicted octanol–water partition coefficient (Wildman–Crippen LogP) is 2.49. The summed E-state index contributed by atoms with van der Waals surface area (Å²) in [6.07, 6.45) is 2.55. The normalized spacial score (nSPS) is 29.4. The van der Waals surface area contributed by atoms with Gasteiger partial charge in [0.2, 0.25) is 0 Å². The molecule has 1 aliphatic rings. The van der Waals surface area contributed by atoms with Gasteiger partial charge in [0.15, 0.2) is 0 Å². The van der Waals surface area contributed by atoms with E-state index in [4.69, 9.17) is 0 Å². The van der Waals surface area contributed by atoms with E-state index in [-0.39, 0.29) is 0 Å². The Morgan fingerprint density at radius 1 is 1.33 bits per heavy atom. The second-order valence-corrected chi connectivity index (χ2v) is 5.54. The van der Waals surface area contributed by atoms with Crippen molar-refractivity contribution in [1.82, 2.24) is 10.2 Å². The summed E-state index contributed by atoms with van der Waals surface area (Å²) in [7, 11) is 0. The van der Waals surface area contributed by atoms with Crippen LogP contribution in [0.1, 0.15) is 47.5 Å². The van der Waals surface area contributed by atoms with Crippen molar-refractivity contribution in [3.63, 3.8) is 0 Å². The van der Waals surface area contributed by atoms with Crippen molar-refractivity contribution in [3.05, 3.63) is 0 Å². The summed E-state index contributed by atoms with van der Waals surface area (Å²) in [5.41, 5.74) is 0.380. The van der Waals surface area contributed by atoms with Crippen LogP contribution in [0.4, 0.5) is 0 Å². The Hall–Kier alpha value is -0.0800. The van der Waals surface area contributed by atoms with Gasteiger partial charge in [-0.3, -0.25) is 4.90 Å². The summed E-state index contributed by atoms with van der Waals surface area (Å²) in [6, 6.07) is 0.735. The molecular formula is C13H28N2. The summed E-state index contributed by atoms with van der Waals surface area (Å²) < 4.78 is 0. The average Bonchev–Trinajstić information content (AvgIpc) is 2.21. The second kappa shape index (κ2) is 5.31. The topological polar surface area (TPSA) is 15.3 Å². The van der Waals surface area contributed by atoms with Crippen molar-refractivity contribution < 1.29 is 0 Å². The minimum atomic E-state index is 0.380. The van der Waals surface area contributed by atoms with Crippen molar-refractivity contribution in [3.8, 4) is 0 Å².